The van der Waals surface area contributed by atoms with Gasteiger partial charge in [0.05, 0.1) is 35.6 Å². The smallest absolute Gasteiger partial charge is 0.407 e. The molecule has 3 aromatic rings. The van der Waals surface area contributed by atoms with Gasteiger partial charge < -0.3 is 29.2 Å². The molecule has 2 N–H and O–H groups in total. The first-order valence-corrected chi connectivity index (χ1v) is 12.5. The Morgan fingerprint density at radius 1 is 1.18 bits per heavy atom. The number of amides is 1. The van der Waals surface area contributed by atoms with E-state index in [1.54, 1.807) is 42.7 Å². The lowest BCUT2D eigenvalue weighted by Crippen LogP contribution is -2.48. The van der Waals surface area contributed by atoms with Gasteiger partial charge in [0.2, 0.25) is 5.60 Å². The number of fused-ring (bicyclic) bond motifs is 5. The Bertz CT molecular complexity index is 1560. The van der Waals surface area contributed by atoms with Crippen LogP contribution in [0.15, 0.2) is 29.1 Å². The number of aromatic hydroxyl groups is 1. The van der Waals surface area contributed by atoms with Crippen LogP contribution in [0.4, 0.5) is 4.79 Å². The number of alkyl carbamates (subject to hydrolysis) is 1. The molecule has 2 aromatic heterocycles. The van der Waals surface area contributed by atoms with Gasteiger partial charge in [-0.2, -0.15) is 0 Å². The van der Waals surface area contributed by atoms with Crippen LogP contribution in [0, 0.1) is 0 Å². The highest BCUT2D eigenvalue weighted by Gasteiger charge is 2.50. The number of pyridine rings is 2. The van der Waals surface area contributed by atoms with Crippen molar-refractivity contribution in [3.8, 4) is 17.1 Å². The van der Waals surface area contributed by atoms with Crippen LogP contribution in [-0.4, -0.2) is 45.8 Å². The number of nitrogens with zero attached hydrogens (tertiary/aromatic N) is 2. The number of aryl methyl sites for hydroxylation is 1. The number of hydrogen-bond acceptors (Lipinski definition) is 9. The molecule has 5 rings (SSSR count). The van der Waals surface area contributed by atoms with Gasteiger partial charge in [0, 0.05) is 16.5 Å². The van der Waals surface area contributed by atoms with Gasteiger partial charge >= 0.3 is 18.0 Å². The van der Waals surface area contributed by atoms with Gasteiger partial charge in [0.1, 0.15) is 18.9 Å². The number of cyclic esters (lactones) is 1. The lowest BCUT2D eigenvalue weighted by Gasteiger charge is -2.35. The summed E-state index contributed by atoms with van der Waals surface area (Å²) in [6.07, 6.45) is -0.143. The van der Waals surface area contributed by atoms with Crippen LogP contribution in [0.2, 0.25) is 0 Å². The van der Waals surface area contributed by atoms with Gasteiger partial charge in [0.25, 0.3) is 5.56 Å². The van der Waals surface area contributed by atoms with Gasteiger partial charge in [-0.25, -0.2) is 14.6 Å². The summed E-state index contributed by atoms with van der Waals surface area (Å²) in [5.74, 6) is -1.56. The minimum atomic E-state index is -1.87. The fraction of sp³-hybridized carbons (Fsp3) is 0.370. The summed E-state index contributed by atoms with van der Waals surface area (Å²) in [6.45, 7) is 4.88. The van der Waals surface area contributed by atoms with E-state index in [2.05, 4.69) is 5.32 Å². The highest BCUT2D eigenvalue weighted by molar-refractivity contribution is 5.91. The van der Waals surface area contributed by atoms with E-state index >= 15 is 0 Å². The predicted molar refractivity (Wildman–Crippen MR) is 134 cm³/mol. The second-order valence-corrected chi connectivity index (χ2v) is 9.09. The number of esters is 2. The van der Waals surface area contributed by atoms with Crippen molar-refractivity contribution in [3.05, 3.63) is 56.9 Å². The average Bonchev–Trinajstić information content (AvgIpc) is 3.26. The van der Waals surface area contributed by atoms with Gasteiger partial charge in [0.15, 0.2) is 0 Å². The number of aromatic nitrogens is 2. The average molecular weight is 522 g/mol. The molecule has 1 atom stereocenters. The number of phenols is 1. The van der Waals surface area contributed by atoms with E-state index in [0.717, 1.165) is 16.5 Å². The molecule has 0 spiro atoms. The molecule has 0 saturated carbocycles. The van der Waals surface area contributed by atoms with Crippen LogP contribution in [0.3, 0.4) is 0 Å². The van der Waals surface area contributed by atoms with E-state index in [0.29, 0.717) is 23.3 Å². The van der Waals surface area contributed by atoms with Crippen molar-refractivity contribution in [1.82, 2.24) is 14.9 Å². The van der Waals surface area contributed by atoms with Crippen molar-refractivity contribution >= 4 is 28.9 Å². The summed E-state index contributed by atoms with van der Waals surface area (Å²) in [5.41, 5.74) is 1.81. The van der Waals surface area contributed by atoms with Gasteiger partial charge in [-0.05, 0) is 49.6 Å². The molecule has 4 heterocycles. The topological polar surface area (TPSA) is 146 Å². The third kappa shape index (κ3) is 3.85. The first kappa shape index (κ1) is 25.2. The first-order valence-electron chi connectivity index (χ1n) is 12.5. The molecule has 0 radical (unpaired) electrons. The summed E-state index contributed by atoms with van der Waals surface area (Å²) in [5, 5.41) is 13.1. The maximum atomic E-state index is 13.7. The molecule has 0 unspecified atom stereocenters. The zero-order valence-electron chi connectivity index (χ0n) is 21.3. The number of nitrogens with one attached hydrogen (secondary N) is 1. The zero-order valence-corrected chi connectivity index (χ0v) is 21.3. The molecular weight excluding hydrogens is 494 g/mol. The highest BCUT2D eigenvalue weighted by atomic mass is 16.6. The number of benzene rings is 1. The second kappa shape index (κ2) is 9.47. The van der Waals surface area contributed by atoms with Crippen LogP contribution in [0.5, 0.6) is 5.75 Å². The predicted octanol–water partition coefficient (Wildman–Crippen LogP) is 2.64. The quantitative estimate of drug-likeness (QED) is 0.289. The summed E-state index contributed by atoms with van der Waals surface area (Å²) in [4.78, 5) is 55.9. The van der Waals surface area contributed by atoms with E-state index in [1.807, 2.05) is 6.92 Å². The van der Waals surface area contributed by atoms with E-state index in [1.165, 1.54) is 0 Å². The lowest BCUT2D eigenvalue weighted by molar-refractivity contribution is -0.188. The number of ether oxygens (including phenoxy) is 3. The van der Waals surface area contributed by atoms with E-state index in [-0.39, 0.29) is 48.6 Å². The molecule has 38 heavy (non-hydrogen) atoms. The van der Waals surface area contributed by atoms with Crippen LogP contribution in [0.1, 0.15) is 49.4 Å². The molecule has 11 heteroatoms. The van der Waals surface area contributed by atoms with Crippen molar-refractivity contribution in [2.24, 2.45) is 0 Å². The number of carbonyl (C=O) groups is 3. The van der Waals surface area contributed by atoms with Crippen molar-refractivity contribution in [2.45, 2.75) is 52.4 Å². The maximum absolute atomic E-state index is 13.7. The molecule has 1 amide bonds. The Labute approximate surface area is 217 Å². The SMILES string of the molecule is CCOC(=O)NCC(=O)O[C@]1(CC)C(=O)OCc2c1cc1n(c2=O)Cc2c-1nc1ccc(O)cc1c2CC. The monoisotopic (exact) mass is 521 g/mol. The maximum Gasteiger partial charge on any atom is 0.407 e. The van der Waals surface area contributed by atoms with Gasteiger partial charge in [-0.1, -0.05) is 13.8 Å². The molecule has 1 aromatic carbocycles. The summed E-state index contributed by atoms with van der Waals surface area (Å²) < 4.78 is 17.3. The Hall–Kier alpha value is -4.41. The number of carbonyl (C=O) groups excluding carboxylic acids is 3. The molecule has 0 aliphatic carbocycles. The van der Waals surface area contributed by atoms with E-state index in [4.69, 9.17) is 19.2 Å². The molecule has 2 aliphatic heterocycles. The largest absolute Gasteiger partial charge is 0.508 e. The van der Waals surface area contributed by atoms with Crippen LogP contribution in [0.25, 0.3) is 22.3 Å². The van der Waals surface area contributed by atoms with Crippen molar-refractivity contribution in [2.75, 3.05) is 13.2 Å². The number of phenolic OH excluding ortho intramolecular Hbond substituents is 1. The highest BCUT2D eigenvalue weighted by Crippen LogP contribution is 2.42. The van der Waals surface area contributed by atoms with Crippen molar-refractivity contribution < 1.29 is 33.7 Å². The molecule has 198 valence electrons. The van der Waals surface area contributed by atoms with E-state index in [9.17, 15) is 24.3 Å². The minimum Gasteiger partial charge on any atom is -0.508 e. The van der Waals surface area contributed by atoms with Crippen molar-refractivity contribution in [1.29, 1.82) is 0 Å². The summed E-state index contributed by atoms with van der Waals surface area (Å²) in [7, 11) is 0. The number of rotatable bonds is 6. The molecule has 0 bridgehead atoms. The van der Waals surface area contributed by atoms with Gasteiger partial charge in [-0.15, -0.1) is 0 Å². The Balaban J connectivity index is 1.63. The first-order chi connectivity index (χ1) is 18.2. The Morgan fingerprint density at radius 2 is 1.97 bits per heavy atom. The third-order valence-electron chi connectivity index (χ3n) is 7.05. The lowest BCUT2D eigenvalue weighted by atomic mass is 9.85. The zero-order chi connectivity index (χ0) is 27.2. The third-order valence-corrected chi connectivity index (χ3v) is 7.05. The fourth-order valence-corrected chi connectivity index (χ4v) is 5.27. The summed E-state index contributed by atoms with van der Waals surface area (Å²) in [6, 6.07) is 6.61. The normalized spacial score (nSPS) is 17.3. The van der Waals surface area contributed by atoms with Crippen molar-refractivity contribution in [3.63, 3.8) is 0 Å². The fourth-order valence-electron chi connectivity index (χ4n) is 5.27. The van der Waals surface area contributed by atoms with Crippen LogP contribution in [-0.2, 0) is 49.0 Å². The Morgan fingerprint density at radius 3 is 2.68 bits per heavy atom. The molecular formula is C27H27N3O8. The Kier molecular flexibility index (Phi) is 6.29. The molecule has 2 aliphatic rings. The molecule has 0 fully saturated rings. The standard InChI is InChI=1S/C27H27N3O8/c1-4-15-16-9-14(31)7-8-20(16)29-23-17(15)12-30-21(23)10-19-18(24(30)33)13-37-25(34)27(19,5-2)38-22(32)11-28-26(35)36-6-3/h7-10,31H,4-6,11-13H2,1-3H3,(H,28,35)/t27-/m0/s1. The van der Waals surface area contributed by atoms with E-state index < -0.39 is 30.2 Å². The molecule has 11 nitrogen and oxygen atoms in total. The summed E-state index contributed by atoms with van der Waals surface area (Å²) >= 11 is 0. The molecule has 0 saturated heterocycles. The van der Waals surface area contributed by atoms with Crippen LogP contribution >= 0.6 is 0 Å². The van der Waals surface area contributed by atoms with Gasteiger partial charge in [-0.3, -0.25) is 9.59 Å². The number of hydrogen-bond donors (Lipinski definition) is 2. The van der Waals surface area contributed by atoms with Crippen LogP contribution < -0.4 is 10.9 Å². The second-order valence-electron chi connectivity index (χ2n) is 9.09. The minimum absolute atomic E-state index is 0.00433.